The van der Waals surface area contributed by atoms with E-state index in [0.29, 0.717) is 30.0 Å². The van der Waals surface area contributed by atoms with Crippen LogP contribution in [0.4, 0.5) is 5.69 Å². The quantitative estimate of drug-likeness (QED) is 0.527. The van der Waals surface area contributed by atoms with E-state index in [0.717, 1.165) is 5.56 Å². The number of hydrogen-bond donors (Lipinski definition) is 2. The number of para-hydroxylation sites is 1. The lowest BCUT2D eigenvalue weighted by molar-refractivity contribution is -0.155. The van der Waals surface area contributed by atoms with Gasteiger partial charge in [0.25, 0.3) is 0 Å². The van der Waals surface area contributed by atoms with Crippen molar-refractivity contribution in [3.63, 3.8) is 0 Å². The molecule has 3 aliphatic heterocycles. The first-order valence-electron chi connectivity index (χ1n) is 12.3. The Bertz CT molecular complexity index is 1160. The van der Waals surface area contributed by atoms with Gasteiger partial charge in [-0.05, 0) is 43.9 Å². The molecule has 3 saturated heterocycles. The van der Waals surface area contributed by atoms with Crippen LogP contribution in [0.25, 0.3) is 0 Å². The molecule has 190 valence electrons. The summed E-state index contributed by atoms with van der Waals surface area (Å²) < 4.78 is 11.7. The van der Waals surface area contributed by atoms with Gasteiger partial charge in [0.2, 0.25) is 11.8 Å². The summed E-state index contributed by atoms with van der Waals surface area (Å²) in [7, 11) is 0. The Morgan fingerprint density at radius 3 is 2.64 bits per heavy atom. The summed E-state index contributed by atoms with van der Waals surface area (Å²) in [5.74, 6) is -2.97. The second-order valence-electron chi connectivity index (χ2n) is 9.55. The third-order valence-electron chi connectivity index (χ3n) is 7.60. The predicted octanol–water partition coefficient (Wildman–Crippen LogP) is 2.82. The average Bonchev–Trinajstić information content (AvgIpc) is 3.52. The van der Waals surface area contributed by atoms with Gasteiger partial charge in [-0.15, -0.1) is 0 Å². The van der Waals surface area contributed by atoms with E-state index in [9.17, 15) is 19.5 Å². The van der Waals surface area contributed by atoms with Crippen LogP contribution in [0.5, 0.6) is 0 Å². The molecule has 2 aromatic carbocycles. The summed E-state index contributed by atoms with van der Waals surface area (Å²) in [5.41, 5.74) is 0.139. The molecule has 0 radical (unpaired) electrons. The van der Waals surface area contributed by atoms with Gasteiger partial charge in [-0.25, -0.2) is 0 Å². The molecule has 2 aromatic rings. The fourth-order valence-corrected chi connectivity index (χ4v) is 6.37. The summed E-state index contributed by atoms with van der Waals surface area (Å²) in [6, 6.07) is 14.6. The number of carbonyl (C=O) groups excluding carboxylic acids is 3. The van der Waals surface area contributed by atoms with Crippen LogP contribution in [0, 0.1) is 11.8 Å². The summed E-state index contributed by atoms with van der Waals surface area (Å²) >= 11 is 6.30. The zero-order chi connectivity index (χ0) is 25.4. The Kier molecular flexibility index (Phi) is 6.76. The number of esters is 1. The molecule has 36 heavy (non-hydrogen) atoms. The fourth-order valence-electron chi connectivity index (χ4n) is 6.19. The van der Waals surface area contributed by atoms with Gasteiger partial charge in [-0.3, -0.25) is 14.4 Å². The molecule has 2 amide bonds. The van der Waals surface area contributed by atoms with Crippen molar-refractivity contribution in [3.05, 3.63) is 65.2 Å². The number of aliphatic hydroxyl groups is 1. The molecule has 8 nitrogen and oxygen atoms in total. The SMILES string of the molecule is CCOC(=O)[C@@H]1[C@@H]2CC[C@]3(O2)[C@H](C(=O)Nc2ccccc2Cl)N([C@@H](CO)Cc2ccccc2)C(=O)[C@@H]13. The van der Waals surface area contributed by atoms with Crippen molar-refractivity contribution < 1.29 is 29.0 Å². The van der Waals surface area contributed by atoms with Crippen LogP contribution in [0.3, 0.4) is 0 Å². The first kappa shape index (κ1) is 24.7. The topological polar surface area (TPSA) is 105 Å². The molecule has 6 atom stereocenters. The second kappa shape index (κ2) is 9.84. The number of anilines is 1. The number of benzene rings is 2. The maximum Gasteiger partial charge on any atom is 0.312 e. The molecule has 0 saturated carbocycles. The van der Waals surface area contributed by atoms with E-state index in [2.05, 4.69) is 5.32 Å². The van der Waals surface area contributed by atoms with E-state index in [1.54, 1.807) is 31.2 Å². The minimum atomic E-state index is -1.19. The van der Waals surface area contributed by atoms with E-state index < -0.39 is 47.5 Å². The molecule has 2 N–H and O–H groups in total. The number of likely N-dealkylation sites (tertiary alicyclic amines) is 1. The van der Waals surface area contributed by atoms with Crippen molar-refractivity contribution in [2.45, 2.75) is 50.0 Å². The number of amides is 2. The van der Waals surface area contributed by atoms with Crippen LogP contribution in [0.1, 0.15) is 25.3 Å². The highest BCUT2D eigenvalue weighted by atomic mass is 35.5. The molecule has 3 heterocycles. The Morgan fingerprint density at radius 1 is 1.22 bits per heavy atom. The zero-order valence-corrected chi connectivity index (χ0v) is 20.7. The number of rotatable bonds is 8. The minimum absolute atomic E-state index is 0.184. The lowest BCUT2D eigenvalue weighted by Crippen LogP contribution is -2.56. The number of ether oxygens (including phenoxy) is 2. The Morgan fingerprint density at radius 2 is 1.94 bits per heavy atom. The van der Waals surface area contributed by atoms with Crippen LogP contribution < -0.4 is 5.32 Å². The minimum Gasteiger partial charge on any atom is -0.466 e. The summed E-state index contributed by atoms with van der Waals surface area (Å²) in [5, 5.41) is 13.6. The van der Waals surface area contributed by atoms with Crippen LogP contribution in [0.15, 0.2) is 54.6 Å². The summed E-state index contributed by atoms with van der Waals surface area (Å²) in [6.07, 6.45) is 0.844. The first-order valence-corrected chi connectivity index (χ1v) is 12.7. The number of fused-ring (bicyclic) bond motifs is 1. The molecule has 0 unspecified atom stereocenters. The molecule has 0 aliphatic carbocycles. The van der Waals surface area contributed by atoms with E-state index in [4.69, 9.17) is 21.1 Å². The third-order valence-corrected chi connectivity index (χ3v) is 7.92. The Hall–Kier alpha value is -2.94. The van der Waals surface area contributed by atoms with E-state index >= 15 is 0 Å². The first-order chi connectivity index (χ1) is 17.4. The summed E-state index contributed by atoms with van der Waals surface area (Å²) in [4.78, 5) is 42.3. The molecular formula is C27H29ClN2O6. The van der Waals surface area contributed by atoms with Crippen molar-refractivity contribution in [1.82, 2.24) is 4.90 Å². The Labute approximate surface area is 214 Å². The number of carbonyl (C=O) groups is 3. The normalized spacial score (nSPS) is 29.2. The van der Waals surface area contributed by atoms with Gasteiger partial charge in [-0.1, -0.05) is 54.1 Å². The van der Waals surface area contributed by atoms with Crippen molar-refractivity contribution >= 4 is 35.1 Å². The number of nitrogens with one attached hydrogen (secondary N) is 1. The smallest absolute Gasteiger partial charge is 0.312 e. The van der Waals surface area contributed by atoms with Gasteiger partial charge in [-0.2, -0.15) is 0 Å². The molecule has 1 spiro atoms. The van der Waals surface area contributed by atoms with E-state index in [1.807, 2.05) is 30.3 Å². The lowest BCUT2D eigenvalue weighted by atomic mass is 9.70. The fraction of sp³-hybridized carbons (Fsp3) is 0.444. The van der Waals surface area contributed by atoms with Crippen LogP contribution in [-0.4, -0.2) is 64.8 Å². The van der Waals surface area contributed by atoms with E-state index in [1.165, 1.54) is 4.90 Å². The molecule has 3 fully saturated rings. The predicted molar refractivity (Wildman–Crippen MR) is 132 cm³/mol. The van der Waals surface area contributed by atoms with Gasteiger partial charge in [0.15, 0.2) is 0 Å². The number of aliphatic hydroxyl groups excluding tert-OH is 1. The van der Waals surface area contributed by atoms with Gasteiger partial charge in [0, 0.05) is 0 Å². The maximum atomic E-state index is 14.0. The summed E-state index contributed by atoms with van der Waals surface area (Å²) in [6.45, 7) is 1.54. The number of halogens is 1. The van der Waals surface area contributed by atoms with Gasteiger partial charge in [0.05, 0.1) is 47.9 Å². The van der Waals surface area contributed by atoms with E-state index in [-0.39, 0.29) is 19.1 Å². The van der Waals surface area contributed by atoms with Gasteiger partial charge >= 0.3 is 5.97 Å². The number of nitrogens with zero attached hydrogens (tertiary/aromatic N) is 1. The molecule has 3 aliphatic rings. The molecule has 2 bridgehead atoms. The molecular weight excluding hydrogens is 484 g/mol. The van der Waals surface area contributed by atoms with Crippen molar-refractivity contribution in [1.29, 1.82) is 0 Å². The van der Waals surface area contributed by atoms with Gasteiger partial charge < -0.3 is 24.8 Å². The molecule has 0 aromatic heterocycles. The van der Waals surface area contributed by atoms with Crippen molar-refractivity contribution in [3.8, 4) is 0 Å². The third kappa shape index (κ3) is 3.97. The molecule has 9 heteroatoms. The highest BCUT2D eigenvalue weighted by molar-refractivity contribution is 6.33. The largest absolute Gasteiger partial charge is 0.466 e. The van der Waals surface area contributed by atoms with Crippen molar-refractivity contribution in [2.75, 3.05) is 18.5 Å². The lowest BCUT2D eigenvalue weighted by Gasteiger charge is -2.36. The Balaban J connectivity index is 1.55. The standard InChI is InChI=1S/C27H29ClN2O6/c1-2-35-26(34)21-20-12-13-27(36-20)22(21)25(33)30(17(15-31)14-16-8-4-3-5-9-16)23(27)24(32)29-19-11-7-6-10-18(19)28/h3-11,17,20-23,31H,2,12-15H2,1H3,(H,29,32)/t17-,20+,21-,22-,23+,27-/m1/s1. The van der Waals surface area contributed by atoms with Gasteiger partial charge in [0.1, 0.15) is 11.6 Å². The highest BCUT2D eigenvalue weighted by Crippen LogP contribution is 2.59. The highest BCUT2D eigenvalue weighted by Gasteiger charge is 2.75. The van der Waals surface area contributed by atoms with Crippen molar-refractivity contribution in [2.24, 2.45) is 11.8 Å². The number of hydrogen-bond acceptors (Lipinski definition) is 6. The average molecular weight is 513 g/mol. The van der Waals surface area contributed by atoms with Crippen LogP contribution >= 0.6 is 11.6 Å². The monoisotopic (exact) mass is 512 g/mol. The molecule has 5 rings (SSSR count). The zero-order valence-electron chi connectivity index (χ0n) is 19.9. The van der Waals surface area contributed by atoms with Crippen LogP contribution in [0.2, 0.25) is 5.02 Å². The second-order valence-corrected chi connectivity index (χ2v) is 9.96. The van der Waals surface area contributed by atoms with Crippen LogP contribution in [-0.2, 0) is 30.3 Å². The maximum absolute atomic E-state index is 14.0.